The molecule has 0 N–H and O–H groups in total. The average molecular weight is 377 g/mol. The van der Waals surface area contributed by atoms with E-state index in [2.05, 4.69) is 52.0 Å². The summed E-state index contributed by atoms with van der Waals surface area (Å²) in [5.41, 5.74) is 2.23. The molecule has 0 unspecified atom stereocenters. The second-order valence-corrected chi connectivity index (χ2v) is 8.98. The third-order valence-electron chi connectivity index (χ3n) is 6.11. The fourth-order valence-corrected chi connectivity index (χ4v) is 5.02. The molecule has 0 spiro atoms. The summed E-state index contributed by atoms with van der Waals surface area (Å²) in [6.07, 6.45) is 1.03. The molecule has 0 amide bonds. The van der Waals surface area contributed by atoms with Crippen LogP contribution in [0.5, 0.6) is 0 Å². The van der Waals surface area contributed by atoms with Gasteiger partial charge in [-0.25, -0.2) is 0 Å². The average Bonchev–Trinajstić information content (AvgIpc) is 2.67. The molecule has 1 aliphatic rings. The largest absolute Gasteiger partial charge is 0.299 e. The summed E-state index contributed by atoms with van der Waals surface area (Å²) in [7, 11) is 0. The summed E-state index contributed by atoms with van der Waals surface area (Å²) in [6, 6.07) is 20.4. The summed E-state index contributed by atoms with van der Waals surface area (Å²) in [4.78, 5) is 26.8. The van der Waals surface area contributed by atoms with Crippen molar-refractivity contribution in [1.29, 1.82) is 0 Å². The Morgan fingerprint density at radius 1 is 0.893 bits per heavy atom. The zero-order chi connectivity index (χ0) is 20.3. The number of Topliss-reactive ketones (excluding diaryl/α,β-unsaturated/α-hetero) is 2. The first kappa shape index (κ1) is 20.5. The lowest BCUT2D eigenvalue weighted by Crippen LogP contribution is -2.44. The molecule has 1 saturated carbocycles. The minimum Gasteiger partial charge on any atom is -0.299 e. The van der Waals surface area contributed by atoms with E-state index in [0.717, 1.165) is 11.1 Å². The van der Waals surface area contributed by atoms with Crippen molar-refractivity contribution >= 4 is 11.6 Å². The Morgan fingerprint density at radius 2 is 1.43 bits per heavy atom. The van der Waals surface area contributed by atoms with Crippen LogP contribution in [0.1, 0.15) is 63.5 Å². The highest BCUT2D eigenvalue weighted by atomic mass is 16.1. The van der Waals surface area contributed by atoms with Gasteiger partial charge in [0.1, 0.15) is 11.6 Å². The first-order valence-electron chi connectivity index (χ1n) is 10.6. The lowest BCUT2D eigenvalue weighted by molar-refractivity contribution is -0.134. The summed E-state index contributed by atoms with van der Waals surface area (Å²) < 4.78 is 0. The zero-order valence-corrected chi connectivity index (χ0v) is 17.5. The van der Waals surface area contributed by atoms with Crippen molar-refractivity contribution in [3.05, 3.63) is 71.8 Å². The van der Waals surface area contributed by atoms with Crippen LogP contribution in [-0.4, -0.2) is 11.6 Å². The molecule has 148 valence electrons. The summed E-state index contributed by atoms with van der Waals surface area (Å²) in [5, 5.41) is 0. The van der Waals surface area contributed by atoms with Gasteiger partial charge in [0.15, 0.2) is 0 Å². The molecule has 2 heteroatoms. The molecule has 0 aliphatic heterocycles. The Morgan fingerprint density at radius 3 is 1.93 bits per heavy atom. The van der Waals surface area contributed by atoms with E-state index >= 15 is 0 Å². The van der Waals surface area contributed by atoms with Crippen molar-refractivity contribution in [2.24, 2.45) is 23.7 Å². The predicted octanol–water partition coefficient (Wildman–Crippen LogP) is 6.03. The maximum Gasteiger partial charge on any atom is 0.137 e. The van der Waals surface area contributed by atoms with E-state index in [1.807, 2.05) is 36.4 Å². The van der Waals surface area contributed by atoms with Crippen molar-refractivity contribution in [1.82, 2.24) is 0 Å². The fraction of sp³-hybridized carbons (Fsp3) is 0.462. The Hall–Kier alpha value is -2.22. The molecule has 0 radical (unpaired) electrons. The van der Waals surface area contributed by atoms with Crippen molar-refractivity contribution in [2.45, 2.75) is 52.4 Å². The van der Waals surface area contributed by atoms with Crippen LogP contribution in [-0.2, 0) is 9.59 Å². The molecule has 4 atom stereocenters. The van der Waals surface area contributed by atoms with Gasteiger partial charge >= 0.3 is 0 Å². The minimum absolute atomic E-state index is 0.0415. The second-order valence-electron chi connectivity index (χ2n) is 8.98. The standard InChI is InChI=1S/C26H32O2/c1-17(2)15-22(27)26-21(19-11-7-5-8-12-19)16-23(28)24(18(3)4)25(26)20-13-9-6-10-14-20/h5-14,17-18,21,24-26H,15-16H2,1-4H3/t21-,24+,25+,26-/m1/s1. The lowest BCUT2D eigenvalue weighted by Gasteiger charge is -2.44. The monoisotopic (exact) mass is 376 g/mol. The van der Waals surface area contributed by atoms with E-state index in [1.54, 1.807) is 0 Å². The highest BCUT2D eigenvalue weighted by Gasteiger charge is 2.48. The molecule has 2 aromatic carbocycles. The van der Waals surface area contributed by atoms with E-state index in [4.69, 9.17) is 0 Å². The van der Waals surface area contributed by atoms with Crippen LogP contribution in [0.25, 0.3) is 0 Å². The van der Waals surface area contributed by atoms with Crippen molar-refractivity contribution in [3.63, 3.8) is 0 Å². The van der Waals surface area contributed by atoms with Crippen LogP contribution in [0.3, 0.4) is 0 Å². The molecule has 2 aromatic rings. The number of carbonyl (C=O) groups is 2. The van der Waals surface area contributed by atoms with Gasteiger partial charge in [0.05, 0.1) is 0 Å². The first-order valence-corrected chi connectivity index (χ1v) is 10.6. The molecule has 0 heterocycles. The van der Waals surface area contributed by atoms with Gasteiger partial charge in [-0.2, -0.15) is 0 Å². The van der Waals surface area contributed by atoms with Crippen LogP contribution < -0.4 is 0 Å². The normalized spacial score (nSPS) is 25.3. The third kappa shape index (κ3) is 4.27. The minimum atomic E-state index is -0.155. The van der Waals surface area contributed by atoms with Crippen LogP contribution in [0, 0.1) is 23.7 Å². The molecule has 2 nitrogen and oxygen atoms in total. The number of ketones is 2. The number of carbonyl (C=O) groups excluding carboxylic acids is 2. The topological polar surface area (TPSA) is 34.1 Å². The van der Waals surface area contributed by atoms with Crippen LogP contribution >= 0.6 is 0 Å². The molecular formula is C26H32O2. The van der Waals surface area contributed by atoms with Gasteiger partial charge < -0.3 is 0 Å². The lowest BCUT2D eigenvalue weighted by atomic mass is 9.58. The van der Waals surface area contributed by atoms with Crippen LogP contribution in [0.15, 0.2) is 60.7 Å². The molecule has 1 aliphatic carbocycles. The Kier molecular flexibility index (Phi) is 6.49. The number of hydrogen-bond acceptors (Lipinski definition) is 2. The Balaban J connectivity index is 2.14. The number of hydrogen-bond donors (Lipinski definition) is 0. The SMILES string of the molecule is CC(C)CC(=O)[C@@H]1[C@@H](c2ccccc2)[C@@H](C(C)C)C(=O)C[C@@H]1c1ccccc1. The summed E-state index contributed by atoms with van der Waals surface area (Å²) in [5.74, 6) is 0.765. The maximum absolute atomic E-state index is 13.5. The molecule has 0 bridgehead atoms. The molecule has 28 heavy (non-hydrogen) atoms. The first-order chi connectivity index (χ1) is 13.4. The van der Waals surface area contributed by atoms with Gasteiger partial charge in [-0.15, -0.1) is 0 Å². The van der Waals surface area contributed by atoms with Gasteiger partial charge in [-0.1, -0.05) is 88.4 Å². The highest BCUT2D eigenvalue weighted by Crippen LogP contribution is 2.50. The molecule has 0 aromatic heterocycles. The van der Waals surface area contributed by atoms with E-state index in [-0.39, 0.29) is 29.6 Å². The van der Waals surface area contributed by atoms with Crippen molar-refractivity contribution < 1.29 is 9.59 Å². The fourth-order valence-electron chi connectivity index (χ4n) is 5.02. The van der Waals surface area contributed by atoms with E-state index in [0.29, 0.717) is 30.3 Å². The van der Waals surface area contributed by atoms with Crippen molar-refractivity contribution in [2.75, 3.05) is 0 Å². The van der Waals surface area contributed by atoms with Gasteiger partial charge in [-0.3, -0.25) is 9.59 Å². The second kappa shape index (κ2) is 8.86. The Labute approximate surface area is 169 Å². The Bertz CT molecular complexity index is 792. The highest BCUT2D eigenvalue weighted by molar-refractivity contribution is 5.91. The van der Waals surface area contributed by atoms with Crippen LogP contribution in [0.4, 0.5) is 0 Å². The predicted molar refractivity (Wildman–Crippen MR) is 114 cm³/mol. The van der Waals surface area contributed by atoms with Gasteiger partial charge in [0.25, 0.3) is 0 Å². The third-order valence-corrected chi connectivity index (χ3v) is 6.11. The smallest absolute Gasteiger partial charge is 0.137 e. The summed E-state index contributed by atoms with van der Waals surface area (Å²) >= 11 is 0. The zero-order valence-electron chi connectivity index (χ0n) is 17.5. The van der Waals surface area contributed by atoms with Crippen LogP contribution in [0.2, 0.25) is 0 Å². The van der Waals surface area contributed by atoms with Gasteiger partial charge in [-0.05, 0) is 23.0 Å². The quantitative estimate of drug-likeness (QED) is 0.617. The summed E-state index contributed by atoms with van der Waals surface area (Å²) in [6.45, 7) is 8.43. The van der Waals surface area contributed by atoms with Gasteiger partial charge in [0, 0.05) is 36.5 Å². The van der Waals surface area contributed by atoms with E-state index in [9.17, 15) is 9.59 Å². The number of rotatable bonds is 6. The van der Waals surface area contributed by atoms with E-state index in [1.165, 1.54) is 0 Å². The molecule has 0 saturated heterocycles. The molecular weight excluding hydrogens is 344 g/mol. The van der Waals surface area contributed by atoms with Gasteiger partial charge in [0.2, 0.25) is 0 Å². The maximum atomic E-state index is 13.5. The van der Waals surface area contributed by atoms with Crippen molar-refractivity contribution in [3.8, 4) is 0 Å². The molecule has 1 fully saturated rings. The molecule has 3 rings (SSSR count). The van der Waals surface area contributed by atoms with E-state index < -0.39 is 0 Å². The number of benzene rings is 2.